The Hall–Kier alpha value is -6.84. The quantitative estimate of drug-likeness (QED) is 0.186. The van der Waals surface area contributed by atoms with E-state index in [1.165, 1.54) is 54.7 Å². The van der Waals surface area contributed by atoms with Crippen molar-refractivity contribution in [3.05, 3.63) is 182 Å². The number of hydrogen-bond acceptors (Lipinski definition) is 1. The van der Waals surface area contributed by atoms with Crippen LogP contribution in [0, 0.1) is 0 Å². The Kier molecular flexibility index (Phi) is 5.96. The van der Waals surface area contributed by atoms with E-state index >= 15 is 0 Å². The van der Waals surface area contributed by atoms with Crippen LogP contribution in [0.3, 0.4) is 0 Å². The molecule has 3 heterocycles. The third kappa shape index (κ3) is 4.19. The van der Waals surface area contributed by atoms with E-state index in [1.807, 2.05) is 12.1 Å². The maximum absolute atomic E-state index is 6.39. The van der Waals surface area contributed by atoms with Gasteiger partial charge in [-0.2, -0.15) is 0 Å². The zero-order chi connectivity index (χ0) is 33.5. The fourth-order valence-electron chi connectivity index (χ4n) is 8.19. The molecule has 0 aliphatic rings. The normalized spacial score (nSPS) is 11.9. The van der Waals surface area contributed by atoms with Crippen LogP contribution in [-0.4, -0.2) is 9.13 Å². The summed E-state index contributed by atoms with van der Waals surface area (Å²) >= 11 is 0. The third-order valence-electron chi connectivity index (χ3n) is 10.5. The highest BCUT2D eigenvalue weighted by Crippen LogP contribution is 2.41. The minimum Gasteiger partial charge on any atom is -0.455 e. The lowest BCUT2D eigenvalue weighted by Gasteiger charge is -2.11. The van der Waals surface area contributed by atoms with Gasteiger partial charge in [0.2, 0.25) is 0 Å². The summed E-state index contributed by atoms with van der Waals surface area (Å²) in [6.07, 6.45) is 0. The molecule has 0 fully saturated rings. The molecule has 8 aromatic carbocycles. The number of para-hydroxylation sites is 4. The highest BCUT2D eigenvalue weighted by molar-refractivity contribution is 6.19. The van der Waals surface area contributed by atoms with E-state index in [1.54, 1.807) is 0 Å². The Morgan fingerprint density at radius 1 is 0.314 bits per heavy atom. The summed E-state index contributed by atoms with van der Waals surface area (Å²) in [4.78, 5) is 0. The van der Waals surface area contributed by atoms with Gasteiger partial charge in [-0.05, 0) is 77.4 Å². The molecule has 0 radical (unpaired) electrons. The molecule has 0 N–H and O–H groups in total. The van der Waals surface area contributed by atoms with Crippen molar-refractivity contribution in [1.29, 1.82) is 0 Å². The average molecular weight is 651 g/mol. The van der Waals surface area contributed by atoms with E-state index in [9.17, 15) is 0 Å². The Balaban J connectivity index is 1.15. The zero-order valence-electron chi connectivity index (χ0n) is 27.6. The highest BCUT2D eigenvalue weighted by atomic mass is 16.3. The average Bonchev–Trinajstić information content (AvgIpc) is 3.85. The van der Waals surface area contributed by atoms with Gasteiger partial charge in [0.05, 0.1) is 22.1 Å². The predicted molar refractivity (Wildman–Crippen MR) is 213 cm³/mol. The van der Waals surface area contributed by atoms with Gasteiger partial charge in [-0.1, -0.05) is 121 Å². The van der Waals surface area contributed by atoms with Gasteiger partial charge in [-0.25, -0.2) is 0 Å². The molecule has 3 aromatic heterocycles. The number of benzene rings is 8. The monoisotopic (exact) mass is 650 g/mol. The van der Waals surface area contributed by atoms with Gasteiger partial charge in [0, 0.05) is 49.3 Å². The fourth-order valence-corrected chi connectivity index (χ4v) is 8.19. The lowest BCUT2D eigenvalue weighted by molar-refractivity contribution is 0.670. The highest BCUT2D eigenvalue weighted by Gasteiger charge is 2.19. The van der Waals surface area contributed by atoms with Crippen molar-refractivity contribution < 1.29 is 4.42 Å². The molecule has 0 bridgehead atoms. The summed E-state index contributed by atoms with van der Waals surface area (Å²) in [6.45, 7) is 0. The largest absolute Gasteiger partial charge is 0.455 e. The first-order valence-corrected chi connectivity index (χ1v) is 17.4. The van der Waals surface area contributed by atoms with Crippen molar-refractivity contribution in [2.24, 2.45) is 0 Å². The molecule has 51 heavy (non-hydrogen) atoms. The van der Waals surface area contributed by atoms with E-state index in [0.29, 0.717) is 0 Å². The maximum atomic E-state index is 6.39. The molecule has 3 heteroatoms. The zero-order valence-corrected chi connectivity index (χ0v) is 27.6. The number of rotatable bonds is 4. The molecule has 0 atom stereocenters. The number of hydrogen-bond donors (Lipinski definition) is 0. The van der Waals surface area contributed by atoms with Crippen LogP contribution in [0.1, 0.15) is 0 Å². The van der Waals surface area contributed by atoms with Gasteiger partial charge in [0.1, 0.15) is 11.2 Å². The number of aromatic nitrogens is 2. The fraction of sp³-hybridized carbons (Fsp3) is 0. The third-order valence-corrected chi connectivity index (χ3v) is 10.5. The van der Waals surface area contributed by atoms with E-state index in [0.717, 1.165) is 44.4 Å². The molecule has 3 nitrogen and oxygen atoms in total. The van der Waals surface area contributed by atoms with Gasteiger partial charge in [0.15, 0.2) is 0 Å². The van der Waals surface area contributed by atoms with Gasteiger partial charge in [-0.3, -0.25) is 0 Å². The summed E-state index contributed by atoms with van der Waals surface area (Å²) in [5.74, 6) is 0. The van der Waals surface area contributed by atoms with Crippen molar-refractivity contribution in [3.63, 3.8) is 0 Å². The van der Waals surface area contributed by atoms with Crippen molar-refractivity contribution in [2.45, 2.75) is 0 Å². The molecule has 238 valence electrons. The Morgan fingerprint density at radius 2 is 0.902 bits per heavy atom. The first-order valence-electron chi connectivity index (χ1n) is 17.4. The molecule has 0 spiro atoms. The lowest BCUT2D eigenvalue weighted by atomic mass is 10.0. The summed E-state index contributed by atoms with van der Waals surface area (Å²) in [5, 5.41) is 7.27. The first-order chi connectivity index (χ1) is 25.3. The minimum atomic E-state index is 0.914. The van der Waals surface area contributed by atoms with Crippen molar-refractivity contribution in [3.8, 4) is 33.6 Å². The van der Waals surface area contributed by atoms with E-state index in [4.69, 9.17) is 4.42 Å². The number of nitrogens with zero attached hydrogens (tertiary/aromatic N) is 2. The molecule has 0 amide bonds. The number of fused-ring (bicyclic) bond motifs is 9. The second-order valence-electron chi connectivity index (χ2n) is 13.3. The van der Waals surface area contributed by atoms with Crippen molar-refractivity contribution >= 4 is 65.6 Å². The van der Waals surface area contributed by atoms with Crippen LogP contribution < -0.4 is 0 Å². The van der Waals surface area contributed by atoms with Crippen LogP contribution in [0.5, 0.6) is 0 Å². The molecule has 0 unspecified atom stereocenters. The Labute approximate surface area is 293 Å². The van der Waals surface area contributed by atoms with E-state index < -0.39 is 0 Å². The second-order valence-corrected chi connectivity index (χ2v) is 13.3. The van der Waals surface area contributed by atoms with Crippen LogP contribution in [0.2, 0.25) is 0 Å². The Morgan fingerprint density at radius 3 is 1.71 bits per heavy atom. The minimum absolute atomic E-state index is 0.914. The molecule has 11 aromatic rings. The molecule has 0 saturated carbocycles. The van der Waals surface area contributed by atoms with Crippen LogP contribution in [0.15, 0.2) is 186 Å². The SMILES string of the molecule is c1ccc(-c2ccc3c(c2)c2cc4c5ccccc5n(-c5ccc(-c6cccc7c6oc6ccccc67)cc5)c4cc2n3-c2ccccc2)cc1. The van der Waals surface area contributed by atoms with Crippen LogP contribution in [0.4, 0.5) is 0 Å². The first kappa shape index (κ1) is 28.0. The van der Waals surface area contributed by atoms with Gasteiger partial charge in [-0.15, -0.1) is 0 Å². The van der Waals surface area contributed by atoms with E-state index in [-0.39, 0.29) is 0 Å². The molecular formula is C48H30N2O. The lowest BCUT2D eigenvalue weighted by Crippen LogP contribution is -1.96. The van der Waals surface area contributed by atoms with Crippen LogP contribution in [0.25, 0.3) is 99.2 Å². The van der Waals surface area contributed by atoms with Crippen molar-refractivity contribution in [1.82, 2.24) is 9.13 Å². The molecule has 0 saturated heterocycles. The second kappa shape index (κ2) is 10.8. The Bertz CT molecular complexity index is 3110. The summed E-state index contributed by atoms with van der Waals surface area (Å²) in [5.41, 5.74) is 13.5. The van der Waals surface area contributed by atoms with Crippen LogP contribution >= 0.6 is 0 Å². The smallest absolute Gasteiger partial charge is 0.143 e. The molecule has 11 rings (SSSR count). The van der Waals surface area contributed by atoms with Gasteiger partial charge < -0.3 is 13.6 Å². The summed E-state index contributed by atoms with van der Waals surface area (Å²) < 4.78 is 11.2. The number of furan rings is 1. The summed E-state index contributed by atoms with van der Waals surface area (Å²) in [7, 11) is 0. The van der Waals surface area contributed by atoms with E-state index in [2.05, 4.69) is 179 Å². The molecular weight excluding hydrogens is 621 g/mol. The van der Waals surface area contributed by atoms with Gasteiger partial charge >= 0.3 is 0 Å². The topological polar surface area (TPSA) is 23.0 Å². The molecule has 0 aliphatic carbocycles. The maximum Gasteiger partial charge on any atom is 0.143 e. The standard InChI is InChI=1S/C48H30N2O/c1-3-12-31(13-4-1)33-24-27-44-40(28-33)42-29-41-37-16-7-9-20-43(37)50(45(41)30-46(42)49(44)34-14-5-2-6-15-34)35-25-22-32(23-26-35)36-18-11-19-39-38-17-8-10-21-47(38)51-48(36)39/h1-30H. The predicted octanol–water partition coefficient (Wildman–Crippen LogP) is 13.1. The van der Waals surface area contributed by atoms with Crippen molar-refractivity contribution in [2.75, 3.05) is 0 Å². The van der Waals surface area contributed by atoms with Crippen LogP contribution in [-0.2, 0) is 0 Å². The summed E-state index contributed by atoms with van der Waals surface area (Å²) in [6, 6.07) is 65.5. The van der Waals surface area contributed by atoms with Gasteiger partial charge in [0.25, 0.3) is 0 Å². The molecule has 0 aliphatic heterocycles.